The van der Waals surface area contributed by atoms with Gasteiger partial charge in [-0.15, -0.1) is 0 Å². The van der Waals surface area contributed by atoms with E-state index in [1.807, 2.05) is 6.92 Å². The number of ether oxygens (including phenoxy) is 2. The molecular formula is C40H51F4N5O9S. The van der Waals surface area contributed by atoms with Crippen molar-refractivity contribution < 1.29 is 59.7 Å². The van der Waals surface area contributed by atoms with Gasteiger partial charge in [0.1, 0.15) is 29.3 Å². The topological polar surface area (TPSA) is 185 Å². The number of carbonyl (C=O) groups is 4. The standard InChI is InChI=1S/C40H51F4N5O9S/c1-7-57-30-17-24-12-15-45-33(27(24)19-28(30)41)58-26-18-29-32(50)46-39(35(52)47-59(55,56)38(6)13-14-38)20-25(39)11-9-8-10-22(2)16-23(3)31(34(51)48(29)21-26)49(36(53)54)37(4,5)40(42,43)44/h9,11-12,15,17,19,22-23,25-26,29,31H,7-8,10,13-14,16,18,20-21H2,1-6H3,(H,46,50)(H,47,52)(H,53,54)/b11-9-/t22-,23+,25+,26+,29-,31-,39+/m0/s1. The summed E-state index contributed by atoms with van der Waals surface area (Å²) in [6, 6.07) is 0.695. The highest BCUT2D eigenvalue weighted by Gasteiger charge is 2.64. The Hall–Kier alpha value is -4.68. The second-order valence-corrected chi connectivity index (χ2v) is 19.4. The van der Waals surface area contributed by atoms with Crippen LogP contribution in [-0.4, -0.2) is 105 Å². The Balaban J connectivity index is 1.42. The van der Waals surface area contributed by atoms with Gasteiger partial charge in [0, 0.05) is 23.9 Å². The summed E-state index contributed by atoms with van der Waals surface area (Å²) in [5.74, 6) is -5.67. The van der Waals surface area contributed by atoms with E-state index in [4.69, 9.17) is 9.47 Å². The Morgan fingerprint density at radius 3 is 2.47 bits per heavy atom. The third-order valence-corrected chi connectivity index (χ3v) is 14.5. The van der Waals surface area contributed by atoms with Crippen molar-refractivity contribution in [1.82, 2.24) is 24.8 Å². The van der Waals surface area contributed by atoms with Crippen molar-refractivity contribution in [3.05, 3.63) is 42.4 Å². The molecule has 2 aliphatic carbocycles. The van der Waals surface area contributed by atoms with E-state index < -0.39 is 98.2 Å². The average molecular weight is 854 g/mol. The van der Waals surface area contributed by atoms with Crippen molar-refractivity contribution in [3.8, 4) is 11.6 Å². The number of sulfonamides is 1. The lowest BCUT2D eigenvalue weighted by Gasteiger charge is -2.45. The van der Waals surface area contributed by atoms with Gasteiger partial charge in [-0.1, -0.05) is 26.0 Å². The number of fused-ring (bicyclic) bond motifs is 3. The molecular weight excluding hydrogens is 803 g/mol. The van der Waals surface area contributed by atoms with Crippen LogP contribution in [0.1, 0.15) is 86.5 Å². The molecule has 19 heteroatoms. The third-order valence-electron chi connectivity index (χ3n) is 12.3. The van der Waals surface area contributed by atoms with E-state index >= 15 is 4.39 Å². The first-order valence-corrected chi connectivity index (χ1v) is 21.3. The normalized spacial score (nSPS) is 29.2. The van der Waals surface area contributed by atoms with Crippen LogP contribution in [0.3, 0.4) is 0 Å². The van der Waals surface area contributed by atoms with Gasteiger partial charge in [-0.2, -0.15) is 13.2 Å². The number of pyridine rings is 1. The highest BCUT2D eigenvalue weighted by Crippen LogP contribution is 2.48. The van der Waals surface area contributed by atoms with E-state index in [0.29, 0.717) is 44.9 Å². The fourth-order valence-electron chi connectivity index (χ4n) is 8.25. The van der Waals surface area contributed by atoms with Crippen LogP contribution in [0.15, 0.2) is 36.5 Å². The minimum absolute atomic E-state index is 0.0179. The summed E-state index contributed by atoms with van der Waals surface area (Å²) in [5, 5.41) is 13.8. The molecule has 1 aromatic carbocycles. The highest BCUT2D eigenvalue weighted by atomic mass is 32.2. The van der Waals surface area contributed by atoms with Crippen LogP contribution in [0.25, 0.3) is 10.8 Å². The first-order valence-electron chi connectivity index (χ1n) is 19.8. The molecule has 1 saturated heterocycles. The van der Waals surface area contributed by atoms with E-state index in [9.17, 15) is 45.9 Å². The second kappa shape index (κ2) is 15.7. The molecule has 7 atom stereocenters. The largest absolute Gasteiger partial charge is 0.491 e. The van der Waals surface area contributed by atoms with Crippen LogP contribution in [0.4, 0.5) is 22.4 Å². The zero-order chi connectivity index (χ0) is 43.5. The van der Waals surface area contributed by atoms with Crippen LogP contribution in [0.2, 0.25) is 0 Å². The molecule has 4 aliphatic rings. The molecule has 59 heavy (non-hydrogen) atoms. The number of hydrogen-bond donors (Lipinski definition) is 3. The van der Waals surface area contributed by atoms with E-state index in [0.717, 1.165) is 11.0 Å². The summed E-state index contributed by atoms with van der Waals surface area (Å²) in [6.07, 6.45) is -1.91. The molecule has 324 valence electrons. The SMILES string of the molecule is CCOc1cc2ccnc(O[C@@H]3C[C@H]4C(=O)N[C@]5(C(=O)NS(=O)(=O)C6(C)CC6)C[C@H]5/C=C\CC[C@H](C)C[C@@H](C)[C@H](N(C(=O)O)C(C)(C)C(F)(F)F)C(=O)N4C3)c2cc1F. The zero-order valence-electron chi connectivity index (χ0n) is 33.8. The summed E-state index contributed by atoms with van der Waals surface area (Å²) in [7, 11) is -4.15. The Labute approximate surface area is 340 Å². The zero-order valence-corrected chi connectivity index (χ0v) is 34.6. The Morgan fingerprint density at radius 2 is 1.85 bits per heavy atom. The summed E-state index contributed by atoms with van der Waals surface area (Å²) in [6.45, 7) is 7.59. The van der Waals surface area contributed by atoms with Crippen molar-refractivity contribution in [1.29, 1.82) is 0 Å². The van der Waals surface area contributed by atoms with Crippen molar-refractivity contribution in [2.24, 2.45) is 17.8 Å². The minimum Gasteiger partial charge on any atom is -0.491 e. The molecule has 3 heterocycles. The number of aromatic nitrogens is 1. The Bertz CT molecular complexity index is 2150. The number of nitrogens with zero attached hydrogens (tertiary/aromatic N) is 3. The lowest BCUT2D eigenvalue weighted by molar-refractivity contribution is -0.222. The van der Waals surface area contributed by atoms with Crippen molar-refractivity contribution in [2.75, 3.05) is 13.2 Å². The molecule has 2 aromatic rings. The minimum atomic E-state index is -5.12. The van der Waals surface area contributed by atoms with Gasteiger partial charge in [-0.05, 0) is 102 Å². The van der Waals surface area contributed by atoms with Gasteiger partial charge >= 0.3 is 12.3 Å². The van der Waals surface area contributed by atoms with Gasteiger partial charge in [0.05, 0.1) is 17.9 Å². The molecule has 4 amide bonds. The molecule has 14 nitrogen and oxygen atoms in total. The maximum Gasteiger partial charge on any atom is 0.411 e. The van der Waals surface area contributed by atoms with Gasteiger partial charge < -0.3 is 24.8 Å². The number of carbonyl (C=O) groups excluding carboxylic acids is 3. The molecule has 1 aromatic heterocycles. The Morgan fingerprint density at radius 1 is 1.15 bits per heavy atom. The van der Waals surface area contributed by atoms with Gasteiger partial charge in [-0.25, -0.2) is 22.6 Å². The molecule has 2 aliphatic heterocycles. The highest BCUT2D eigenvalue weighted by molar-refractivity contribution is 7.91. The van der Waals surface area contributed by atoms with Crippen LogP contribution in [-0.2, 0) is 24.4 Å². The van der Waals surface area contributed by atoms with Gasteiger partial charge in [-0.3, -0.25) is 24.0 Å². The molecule has 3 N–H and O–H groups in total. The third kappa shape index (κ3) is 8.40. The number of halogens is 4. The number of benzene rings is 1. The maximum atomic E-state index is 15.1. The van der Waals surface area contributed by atoms with Crippen LogP contribution < -0.4 is 19.5 Å². The van der Waals surface area contributed by atoms with Crippen molar-refractivity contribution >= 4 is 44.6 Å². The average Bonchev–Trinajstić information content (AvgIpc) is 4.02. The lowest BCUT2D eigenvalue weighted by Crippen LogP contribution is -2.66. The van der Waals surface area contributed by atoms with Crippen LogP contribution >= 0.6 is 0 Å². The quantitative estimate of drug-likeness (QED) is 0.209. The molecule has 3 fully saturated rings. The number of allylic oxidation sites excluding steroid dienone is 1. The van der Waals surface area contributed by atoms with E-state index in [1.165, 1.54) is 26.1 Å². The fraction of sp³-hybridized carbons (Fsp3) is 0.625. The van der Waals surface area contributed by atoms with Crippen LogP contribution in [0, 0.1) is 23.6 Å². The predicted molar refractivity (Wildman–Crippen MR) is 206 cm³/mol. The number of amides is 4. The van der Waals surface area contributed by atoms with Crippen molar-refractivity contribution in [2.45, 2.75) is 127 Å². The molecule has 0 spiro atoms. The maximum absolute atomic E-state index is 15.1. The molecule has 6 rings (SSSR count). The van der Waals surface area contributed by atoms with Gasteiger partial charge in [0.25, 0.3) is 5.91 Å². The monoisotopic (exact) mass is 853 g/mol. The number of carboxylic acid groups (broad SMARTS) is 1. The molecule has 2 saturated carbocycles. The molecule has 0 bridgehead atoms. The lowest BCUT2D eigenvalue weighted by atomic mass is 9.85. The number of rotatable bonds is 9. The van der Waals surface area contributed by atoms with Gasteiger partial charge in [0.15, 0.2) is 11.6 Å². The van der Waals surface area contributed by atoms with E-state index in [2.05, 4.69) is 15.0 Å². The van der Waals surface area contributed by atoms with Gasteiger partial charge in [0.2, 0.25) is 27.7 Å². The van der Waals surface area contributed by atoms with E-state index in [1.54, 1.807) is 25.1 Å². The number of hydrogen-bond acceptors (Lipinski definition) is 9. The summed E-state index contributed by atoms with van der Waals surface area (Å²) in [5.41, 5.74) is -4.82. The first-order chi connectivity index (χ1) is 27.5. The summed E-state index contributed by atoms with van der Waals surface area (Å²) in [4.78, 5) is 61.7. The fourth-order valence-corrected chi connectivity index (χ4v) is 9.56. The molecule has 0 unspecified atom stereocenters. The smallest absolute Gasteiger partial charge is 0.411 e. The number of nitrogens with one attached hydrogen (secondary N) is 2. The Kier molecular flexibility index (Phi) is 11.7. The van der Waals surface area contributed by atoms with Crippen LogP contribution in [0.5, 0.6) is 11.6 Å². The summed E-state index contributed by atoms with van der Waals surface area (Å²) >= 11 is 0. The van der Waals surface area contributed by atoms with Crippen molar-refractivity contribution in [3.63, 3.8) is 0 Å². The summed E-state index contributed by atoms with van der Waals surface area (Å²) < 4.78 is 98.1. The number of alkyl halides is 3. The first kappa shape index (κ1) is 43.9. The van der Waals surface area contributed by atoms with E-state index in [-0.39, 0.29) is 53.7 Å². The predicted octanol–water partition coefficient (Wildman–Crippen LogP) is 5.70. The molecule has 0 radical (unpaired) electrons. The second-order valence-electron chi connectivity index (χ2n) is 17.2.